The van der Waals surface area contributed by atoms with Crippen LogP contribution < -0.4 is 9.46 Å². The van der Waals surface area contributed by atoms with E-state index in [9.17, 15) is 8.42 Å². The van der Waals surface area contributed by atoms with E-state index < -0.39 is 10.0 Å². The van der Waals surface area contributed by atoms with Crippen LogP contribution in [0.25, 0.3) is 10.6 Å². The molecule has 120 valence electrons. The van der Waals surface area contributed by atoms with Gasteiger partial charge in [-0.3, -0.25) is 4.72 Å². The van der Waals surface area contributed by atoms with Crippen molar-refractivity contribution >= 4 is 27.0 Å². The van der Waals surface area contributed by atoms with Gasteiger partial charge in [-0.1, -0.05) is 11.2 Å². The lowest BCUT2D eigenvalue weighted by atomic mass is 10.3. The van der Waals surface area contributed by atoms with Crippen LogP contribution in [0.5, 0.6) is 5.75 Å². The van der Waals surface area contributed by atoms with Crippen LogP contribution in [0.4, 0.5) is 5.69 Å². The summed E-state index contributed by atoms with van der Waals surface area (Å²) in [6, 6.07) is 10.0. The van der Waals surface area contributed by atoms with Crippen molar-refractivity contribution in [2.45, 2.75) is 11.8 Å². The number of thiophene rings is 1. The van der Waals surface area contributed by atoms with E-state index in [2.05, 4.69) is 9.88 Å². The molecule has 3 rings (SSSR count). The zero-order valence-corrected chi connectivity index (χ0v) is 14.1. The van der Waals surface area contributed by atoms with Crippen LogP contribution in [0.1, 0.15) is 4.88 Å². The van der Waals surface area contributed by atoms with Gasteiger partial charge in [0.25, 0.3) is 10.0 Å². The second-order valence-corrected chi connectivity index (χ2v) is 7.65. The molecule has 0 atom stereocenters. The highest BCUT2D eigenvalue weighted by molar-refractivity contribution is 7.93. The maximum atomic E-state index is 12.6. The largest absolute Gasteiger partial charge is 0.497 e. The molecular weight excluding hydrogens is 336 g/mol. The third-order valence-electron chi connectivity index (χ3n) is 3.16. The second-order valence-electron chi connectivity index (χ2n) is 4.75. The van der Waals surface area contributed by atoms with Gasteiger partial charge in [-0.05, 0) is 25.1 Å². The molecule has 23 heavy (non-hydrogen) atoms. The number of methoxy groups -OCH3 is 1. The quantitative estimate of drug-likeness (QED) is 0.761. The summed E-state index contributed by atoms with van der Waals surface area (Å²) < 4.78 is 38.0. The topological polar surface area (TPSA) is 81.4 Å². The van der Waals surface area contributed by atoms with Crippen molar-refractivity contribution in [2.24, 2.45) is 0 Å². The van der Waals surface area contributed by atoms with E-state index in [0.29, 0.717) is 27.0 Å². The van der Waals surface area contributed by atoms with Gasteiger partial charge < -0.3 is 9.26 Å². The molecule has 0 fully saturated rings. The highest BCUT2D eigenvalue weighted by Gasteiger charge is 2.21. The fraction of sp³-hybridized carbons (Fsp3) is 0.133. The fourth-order valence-electron chi connectivity index (χ4n) is 2.09. The highest BCUT2D eigenvalue weighted by atomic mass is 32.2. The zero-order chi connectivity index (χ0) is 16.4. The molecule has 1 aromatic carbocycles. The molecule has 0 amide bonds. The second kappa shape index (κ2) is 6.05. The van der Waals surface area contributed by atoms with Crippen molar-refractivity contribution in [1.82, 2.24) is 5.16 Å². The number of aryl methyl sites for hydroxylation is 1. The molecule has 0 radical (unpaired) electrons. The van der Waals surface area contributed by atoms with Crippen LogP contribution in [-0.2, 0) is 10.0 Å². The minimum Gasteiger partial charge on any atom is -0.497 e. The van der Waals surface area contributed by atoms with Gasteiger partial charge in [0.15, 0.2) is 5.76 Å². The molecule has 8 heteroatoms. The van der Waals surface area contributed by atoms with Gasteiger partial charge in [-0.2, -0.15) is 0 Å². The van der Waals surface area contributed by atoms with Gasteiger partial charge in [-0.25, -0.2) is 8.42 Å². The minimum atomic E-state index is -3.70. The molecule has 2 aromatic heterocycles. The molecule has 0 unspecified atom stereocenters. The lowest BCUT2D eigenvalue weighted by Gasteiger charge is -2.08. The van der Waals surface area contributed by atoms with E-state index in [-0.39, 0.29) is 4.90 Å². The van der Waals surface area contributed by atoms with Gasteiger partial charge in [0.2, 0.25) is 0 Å². The van der Waals surface area contributed by atoms with Gasteiger partial charge in [0, 0.05) is 17.0 Å². The molecule has 0 saturated heterocycles. The Morgan fingerprint density at radius 1 is 1.26 bits per heavy atom. The Labute approximate surface area is 137 Å². The maximum absolute atomic E-state index is 12.6. The minimum absolute atomic E-state index is 0.219. The van der Waals surface area contributed by atoms with E-state index in [4.69, 9.17) is 9.26 Å². The van der Waals surface area contributed by atoms with Crippen molar-refractivity contribution < 1.29 is 17.7 Å². The number of aromatic nitrogens is 1. The van der Waals surface area contributed by atoms with E-state index in [0.717, 1.165) is 0 Å². The van der Waals surface area contributed by atoms with E-state index >= 15 is 0 Å². The molecule has 0 spiro atoms. The Hall–Kier alpha value is -2.32. The molecule has 1 N–H and O–H groups in total. The lowest BCUT2D eigenvalue weighted by Crippen LogP contribution is -2.13. The van der Waals surface area contributed by atoms with Crippen molar-refractivity contribution in [1.29, 1.82) is 0 Å². The SMILES string of the molecule is COc1cccc(NS(=O)(=O)c2cc(-c3ccno3)sc2C)c1. The van der Waals surface area contributed by atoms with E-state index in [1.165, 1.54) is 24.6 Å². The van der Waals surface area contributed by atoms with Crippen molar-refractivity contribution in [2.75, 3.05) is 11.8 Å². The molecule has 0 aliphatic rings. The predicted molar refractivity (Wildman–Crippen MR) is 88.4 cm³/mol. The van der Waals surface area contributed by atoms with Crippen molar-refractivity contribution in [3.63, 3.8) is 0 Å². The van der Waals surface area contributed by atoms with Crippen LogP contribution in [0.3, 0.4) is 0 Å². The number of rotatable bonds is 5. The van der Waals surface area contributed by atoms with Crippen LogP contribution >= 0.6 is 11.3 Å². The third-order valence-corrected chi connectivity index (χ3v) is 5.87. The molecular formula is C15H14N2O4S2. The van der Waals surface area contributed by atoms with Crippen molar-refractivity contribution in [3.05, 3.63) is 47.5 Å². The number of ether oxygens (including phenoxy) is 1. The summed E-state index contributed by atoms with van der Waals surface area (Å²) in [5, 5.41) is 3.64. The van der Waals surface area contributed by atoms with Crippen molar-refractivity contribution in [3.8, 4) is 16.4 Å². The number of anilines is 1. The molecule has 0 saturated carbocycles. The van der Waals surface area contributed by atoms with Gasteiger partial charge >= 0.3 is 0 Å². The first-order valence-corrected chi connectivity index (χ1v) is 8.98. The number of nitrogens with zero attached hydrogens (tertiary/aromatic N) is 1. The smallest absolute Gasteiger partial charge is 0.263 e. The Morgan fingerprint density at radius 3 is 2.78 bits per heavy atom. The summed E-state index contributed by atoms with van der Waals surface area (Å²) in [6.45, 7) is 1.75. The van der Waals surface area contributed by atoms with Gasteiger partial charge in [0.1, 0.15) is 10.6 Å². The molecule has 0 aliphatic heterocycles. The summed E-state index contributed by atoms with van der Waals surface area (Å²) in [6.07, 6.45) is 1.52. The number of hydrogen-bond donors (Lipinski definition) is 1. The summed E-state index contributed by atoms with van der Waals surface area (Å²) in [5.41, 5.74) is 0.441. The first-order valence-electron chi connectivity index (χ1n) is 6.68. The average Bonchev–Trinajstić information content (AvgIpc) is 3.16. The van der Waals surface area contributed by atoms with Crippen LogP contribution in [-0.4, -0.2) is 20.7 Å². The number of benzene rings is 1. The predicted octanol–water partition coefficient (Wildman–Crippen LogP) is 3.52. The van der Waals surface area contributed by atoms with E-state index in [1.54, 1.807) is 43.3 Å². The third kappa shape index (κ3) is 3.22. The first-order chi connectivity index (χ1) is 11.0. The molecule has 0 bridgehead atoms. The van der Waals surface area contributed by atoms with Crippen LogP contribution in [0.15, 0.2) is 52.0 Å². The summed E-state index contributed by atoms with van der Waals surface area (Å²) in [4.78, 5) is 1.61. The monoisotopic (exact) mass is 350 g/mol. The van der Waals surface area contributed by atoms with Gasteiger partial charge in [-0.15, -0.1) is 11.3 Å². The molecule has 0 aliphatic carbocycles. The normalized spacial score (nSPS) is 11.4. The first kappa shape index (κ1) is 15.6. The maximum Gasteiger partial charge on any atom is 0.263 e. The standard InChI is InChI=1S/C15H14N2O4S2/c1-10-15(9-14(22-10)13-6-7-16-21-13)23(18,19)17-11-4-3-5-12(8-11)20-2/h3-9,17H,1-2H3. The Morgan fingerprint density at radius 2 is 2.09 bits per heavy atom. The summed E-state index contributed by atoms with van der Waals surface area (Å²) in [5.74, 6) is 1.12. The Kier molecular flexibility index (Phi) is 4.10. The van der Waals surface area contributed by atoms with Crippen LogP contribution in [0.2, 0.25) is 0 Å². The lowest BCUT2D eigenvalue weighted by molar-refractivity contribution is 0.415. The Bertz CT molecular complexity index is 915. The number of hydrogen-bond acceptors (Lipinski definition) is 6. The molecule has 6 nitrogen and oxygen atoms in total. The highest BCUT2D eigenvalue weighted by Crippen LogP contribution is 2.34. The summed E-state index contributed by atoms with van der Waals surface area (Å²) in [7, 11) is -2.17. The average molecular weight is 350 g/mol. The molecule has 2 heterocycles. The van der Waals surface area contributed by atoms with Gasteiger partial charge in [0.05, 0.1) is 23.9 Å². The fourth-order valence-corrected chi connectivity index (χ4v) is 4.69. The van der Waals surface area contributed by atoms with Crippen LogP contribution in [0, 0.1) is 6.92 Å². The van der Waals surface area contributed by atoms with E-state index in [1.807, 2.05) is 0 Å². The zero-order valence-electron chi connectivity index (χ0n) is 12.4. The number of nitrogens with one attached hydrogen (secondary N) is 1. The number of sulfonamides is 1. The molecule has 3 aromatic rings. The Balaban J connectivity index is 1.93. The summed E-state index contributed by atoms with van der Waals surface area (Å²) >= 11 is 1.34.